The van der Waals surface area contributed by atoms with Crippen molar-refractivity contribution >= 4 is 17.4 Å². The Balaban J connectivity index is 1.51. The van der Waals surface area contributed by atoms with Crippen molar-refractivity contribution in [1.29, 1.82) is 0 Å². The molecule has 0 saturated heterocycles. The van der Waals surface area contributed by atoms with E-state index in [4.69, 9.17) is 9.47 Å². The minimum absolute atomic E-state index is 0.279. The molecule has 0 saturated carbocycles. The van der Waals surface area contributed by atoms with Crippen molar-refractivity contribution in [1.82, 2.24) is 4.98 Å². The monoisotopic (exact) mass is 391 g/mol. The van der Waals surface area contributed by atoms with Gasteiger partial charge in [0.15, 0.2) is 0 Å². The SMILES string of the molecule is COc1cc(OC)cc(C(=O)Nc2ccc(NCCCc3ccccc3)cn2)c1. The van der Waals surface area contributed by atoms with E-state index in [2.05, 4.69) is 39.9 Å². The maximum atomic E-state index is 12.5. The summed E-state index contributed by atoms with van der Waals surface area (Å²) in [7, 11) is 3.09. The van der Waals surface area contributed by atoms with Crippen LogP contribution in [0.25, 0.3) is 0 Å². The second-order valence-corrected chi connectivity index (χ2v) is 6.50. The Morgan fingerprint density at radius 1 is 0.966 bits per heavy atom. The third-order valence-corrected chi connectivity index (χ3v) is 4.43. The van der Waals surface area contributed by atoms with Crippen molar-refractivity contribution in [2.24, 2.45) is 0 Å². The lowest BCUT2D eigenvalue weighted by Crippen LogP contribution is -2.13. The van der Waals surface area contributed by atoms with Crippen LogP contribution in [0.4, 0.5) is 11.5 Å². The van der Waals surface area contributed by atoms with E-state index < -0.39 is 0 Å². The van der Waals surface area contributed by atoms with E-state index >= 15 is 0 Å². The Hall–Kier alpha value is -3.54. The molecule has 1 heterocycles. The molecular formula is C23H25N3O3. The Labute approximate surface area is 170 Å². The predicted molar refractivity (Wildman–Crippen MR) is 115 cm³/mol. The molecule has 3 aromatic rings. The molecule has 0 fully saturated rings. The predicted octanol–water partition coefficient (Wildman–Crippen LogP) is 4.40. The summed E-state index contributed by atoms with van der Waals surface area (Å²) in [6, 6.07) is 19.1. The number of anilines is 2. The second kappa shape index (κ2) is 10.1. The van der Waals surface area contributed by atoms with Crippen LogP contribution in [0.15, 0.2) is 66.9 Å². The third kappa shape index (κ3) is 5.97. The van der Waals surface area contributed by atoms with Gasteiger partial charge < -0.3 is 20.1 Å². The molecule has 0 aliphatic heterocycles. The van der Waals surface area contributed by atoms with Crippen molar-refractivity contribution in [2.75, 3.05) is 31.4 Å². The van der Waals surface area contributed by atoms with Crippen molar-refractivity contribution < 1.29 is 14.3 Å². The highest BCUT2D eigenvalue weighted by molar-refractivity contribution is 6.04. The van der Waals surface area contributed by atoms with Gasteiger partial charge in [-0.1, -0.05) is 30.3 Å². The van der Waals surface area contributed by atoms with Gasteiger partial charge in [0, 0.05) is 18.2 Å². The number of nitrogens with one attached hydrogen (secondary N) is 2. The smallest absolute Gasteiger partial charge is 0.257 e. The largest absolute Gasteiger partial charge is 0.497 e. The topological polar surface area (TPSA) is 72.5 Å². The number of hydrogen-bond donors (Lipinski definition) is 2. The van der Waals surface area contributed by atoms with Crippen LogP contribution < -0.4 is 20.1 Å². The summed E-state index contributed by atoms with van der Waals surface area (Å²) in [4.78, 5) is 16.8. The molecule has 2 N–H and O–H groups in total. The number of aromatic nitrogens is 1. The molecule has 2 aromatic carbocycles. The average Bonchev–Trinajstić information content (AvgIpc) is 2.78. The van der Waals surface area contributed by atoms with E-state index in [1.807, 2.05) is 12.1 Å². The first-order chi connectivity index (χ1) is 14.2. The van der Waals surface area contributed by atoms with Crippen molar-refractivity contribution in [3.8, 4) is 11.5 Å². The normalized spacial score (nSPS) is 10.3. The Morgan fingerprint density at radius 3 is 2.31 bits per heavy atom. The first-order valence-electron chi connectivity index (χ1n) is 9.46. The molecule has 150 valence electrons. The maximum absolute atomic E-state index is 12.5. The molecular weight excluding hydrogens is 366 g/mol. The van der Waals surface area contributed by atoms with Gasteiger partial charge in [-0.3, -0.25) is 4.79 Å². The third-order valence-electron chi connectivity index (χ3n) is 4.43. The number of rotatable bonds is 9. The first-order valence-corrected chi connectivity index (χ1v) is 9.46. The zero-order chi connectivity index (χ0) is 20.5. The average molecular weight is 391 g/mol. The molecule has 0 unspecified atom stereocenters. The van der Waals surface area contributed by atoms with E-state index in [1.54, 1.807) is 44.7 Å². The summed E-state index contributed by atoms with van der Waals surface area (Å²) in [6.07, 6.45) is 3.77. The standard InChI is InChI=1S/C23H25N3O3/c1-28-20-13-18(14-21(15-20)29-2)23(27)26-22-11-10-19(16-25-22)24-12-6-9-17-7-4-3-5-8-17/h3-5,7-8,10-11,13-16,24H,6,9,12H2,1-2H3,(H,25,26,27). The van der Waals surface area contributed by atoms with Crippen LogP contribution in [0.5, 0.6) is 11.5 Å². The summed E-state index contributed by atoms with van der Waals surface area (Å²) in [5.74, 6) is 1.31. The lowest BCUT2D eigenvalue weighted by Gasteiger charge is -2.10. The second-order valence-electron chi connectivity index (χ2n) is 6.50. The minimum atomic E-state index is -0.279. The fraction of sp³-hybridized carbons (Fsp3) is 0.217. The number of amides is 1. The van der Waals surface area contributed by atoms with Crippen LogP contribution >= 0.6 is 0 Å². The highest BCUT2D eigenvalue weighted by atomic mass is 16.5. The van der Waals surface area contributed by atoms with Crippen molar-refractivity contribution in [3.63, 3.8) is 0 Å². The summed E-state index contributed by atoms with van der Waals surface area (Å²) in [6.45, 7) is 0.853. The highest BCUT2D eigenvalue weighted by Gasteiger charge is 2.11. The lowest BCUT2D eigenvalue weighted by atomic mass is 10.1. The number of methoxy groups -OCH3 is 2. The Morgan fingerprint density at radius 2 is 1.69 bits per heavy atom. The number of pyridine rings is 1. The van der Waals surface area contributed by atoms with Gasteiger partial charge in [-0.2, -0.15) is 0 Å². The molecule has 6 nitrogen and oxygen atoms in total. The van der Waals surface area contributed by atoms with Crippen molar-refractivity contribution in [3.05, 3.63) is 78.0 Å². The highest BCUT2D eigenvalue weighted by Crippen LogP contribution is 2.23. The molecule has 6 heteroatoms. The van der Waals surface area contributed by atoms with Gasteiger partial charge in [0.2, 0.25) is 0 Å². The number of nitrogens with zero attached hydrogens (tertiary/aromatic N) is 1. The van der Waals surface area contributed by atoms with Gasteiger partial charge in [-0.15, -0.1) is 0 Å². The fourth-order valence-electron chi connectivity index (χ4n) is 2.87. The van der Waals surface area contributed by atoms with Gasteiger partial charge in [-0.25, -0.2) is 4.98 Å². The molecule has 0 atom stereocenters. The zero-order valence-corrected chi connectivity index (χ0v) is 16.6. The molecule has 1 aromatic heterocycles. The van der Waals surface area contributed by atoms with Crippen LogP contribution in [0.2, 0.25) is 0 Å². The van der Waals surface area contributed by atoms with Crippen LogP contribution in [0.1, 0.15) is 22.3 Å². The number of ether oxygens (including phenoxy) is 2. The lowest BCUT2D eigenvalue weighted by molar-refractivity contribution is 0.102. The molecule has 3 rings (SSSR count). The van der Waals surface area contributed by atoms with E-state index in [0.29, 0.717) is 22.9 Å². The van der Waals surface area contributed by atoms with Crippen LogP contribution in [0, 0.1) is 0 Å². The van der Waals surface area contributed by atoms with Gasteiger partial charge in [-0.05, 0) is 42.7 Å². The molecule has 0 aliphatic rings. The summed E-state index contributed by atoms with van der Waals surface area (Å²) < 4.78 is 10.4. The van der Waals surface area contributed by atoms with Crippen molar-refractivity contribution in [2.45, 2.75) is 12.8 Å². The summed E-state index contributed by atoms with van der Waals surface area (Å²) >= 11 is 0. The number of hydrogen-bond acceptors (Lipinski definition) is 5. The van der Waals surface area contributed by atoms with Gasteiger partial charge >= 0.3 is 0 Å². The van der Waals surface area contributed by atoms with E-state index in [-0.39, 0.29) is 5.91 Å². The van der Waals surface area contributed by atoms with Gasteiger partial charge in [0.05, 0.1) is 26.1 Å². The maximum Gasteiger partial charge on any atom is 0.257 e. The fourth-order valence-corrected chi connectivity index (χ4v) is 2.87. The molecule has 29 heavy (non-hydrogen) atoms. The summed E-state index contributed by atoms with van der Waals surface area (Å²) in [5, 5.41) is 6.14. The van der Waals surface area contributed by atoms with Crippen LogP contribution in [-0.2, 0) is 6.42 Å². The first kappa shape index (κ1) is 20.2. The number of carbonyl (C=O) groups excluding carboxylic acids is 1. The molecule has 1 amide bonds. The Bertz CT molecular complexity index is 906. The summed E-state index contributed by atoms with van der Waals surface area (Å²) in [5.41, 5.74) is 2.69. The number of aryl methyl sites for hydroxylation is 1. The van der Waals surface area contributed by atoms with Gasteiger partial charge in [0.25, 0.3) is 5.91 Å². The van der Waals surface area contributed by atoms with E-state index in [0.717, 1.165) is 25.1 Å². The number of carbonyl (C=O) groups is 1. The van der Waals surface area contributed by atoms with Crippen LogP contribution in [0.3, 0.4) is 0 Å². The number of benzene rings is 2. The molecule has 0 aliphatic carbocycles. The molecule has 0 radical (unpaired) electrons. The Kier molecular flexibility index (Phi) is 7.05. The molecule has 0 bridgehead atoms. The quantitative estimate of drug-likeness (QED) is 0.529. The zero-order valence-electron chi connectivity index (χ0n) is 16.6. The van der Waals surface area contributed by atoms with Gasteiger partial charge in [0.1, 0.15) is 17.3 Å². The van der Waals surface area contributed by atoms with E-state index in [1.165, 1.54) is 5.56 Å². The van der Waals surface area contributed by atoms with E-state index in [9.17, 15) is 4.79 Å². The minimum Gasteiger partial charge on any atom is -0.497 e. The van der Waals surface area contributed by atoms with Crippen LogP contribution in [-0.4, -0.2) is 31.7 Å². The molecule has 0 spiro atoms.